The van der Waals surface area contributed by atoms with Crippen LogP contribution in [0.15, 0.2) is 42.7 Å². The summed E-state index contributed by atoms with van der Waals surface area (Å²) in [5, 5.41) is 0. The van der Waals surface area contributed by atoms with E-state index in [1.807, 2.05) is 20.8 Å². The van der Waals surface area contributed by atoms with E-state index in [2.05, 4.69) is 58.2 Å². The normalized spacial score (nSPS) is 16.7. The van der Waals surface area contributed by atoms with Crippen molar-refractivity contribution < 1.29 is 4.74 Å². The third kappa shape index (κ3) is 5.90. The predicted molar refractivity (Wildman–Crippen MR) is 111 cm³/mol. The van der Waals surface area contributed by atoms with E-state index >= 15 is 0 Å². The van der Waals surface area contributed by atoms with Gasteiger partial charge in [-0.25, -0.2) is 4.98 Å². The molecule has 0 saturated carbocycles. The van der Waals surface area contributed by atoms with Crippen LogP contribution in [0.3, 0.4) is 0 Å². The second kappa shape index (κ2) is 8.66. The Bertz CT molecular complexity index is 771. The molecule has 4 nitrogen and oxygen atoms in total. The number of hydrogen-bond donors (Lipinski definition) is 0. The molecule has 0 N–H and O–H groups in total. The molecule has 0 unspecified atom stereocenters. The molecule has 0 spiro atoms. The van der Waals surface area contributed by atoms with Gasteiger partial charge in [0, 0.05) is 18.9 Å². The van der Waals surface area contributed by atoms with E-state index in [1.54, 1.807) is 12.4 Å². The lowest BCUT2D eigenvalue weighted by atomic mass is 9.95. The van der Waals surface area contributed by atoms with Crippen molar-refractivity contribution in [3.05, 3.63) is 59.6 Å². The minimum absolute atomic E-state index is 0.266. The molecule has 0 radical (unpaired) electrons. The Morgan fingerprint density at radius 1 is 1.11 bits per heavy atom. The number of ether oxygens (including phenoxy) is 1. The third-order valence-electron chi connectivity index (χ3n) is 4.88. The second-order valence-corrected chi connectivity index (χ2v) is 8.35. The number of benzene rings is 1. The molecule has 1 aliphatic rings. The highest BCUT2D eigenvalue weighted by Gasteiger charge is 2.21. The minimum Gasteiger partial charge on any atom is -0.471 e. The van der Waals surface area contributed by atoms with Gasteiger partial charge in [0.15, 0.2) is 0 Å². The maximum absolute atomic E-state index is 5.98. The molecule has 4 heteroatoms. The summed E-state index contributed by atoms with van der Waals surface area (Å²) in [6.07, 6.45) is 10.5. The Balaban J connectivity index is 1.55. The third-order valence-corrected chi connectivity index (χ3v) is 4.88. The van der Waals surface area contributed by atoms with Crippen LogP contribution in [0.25, 0.3) is 6.08 Å². The van der Waals surface area contributed by atoms with E-state index in [0.29, 0.717) is 11.8 Å². The summed E-state index contributed by atoms with van der Waals surface area (Å²) in [4.78, 5) is 11.4. The first-order valence-corrected chi connectivity index (χ1v) is 9.86. The number of piperidine rings is 1. The Labute approximate surface area is 163 Å². The summed E-state index contributed by atoms with van der Waals surface area (Å²) in [7, 11) is 0. The smallest absolute Gasteiger partial charge is 0.237 e. The molecule has 0 amide bonds. The molecule has 0 bridgehead atoms. The molecular formula is C23H31N3O. The number of rotatable bonds is 5. The van der Waals surface area contributed by atoms with Gasteiger partial charge in [-0.1, -0.05) is 36.4 Å². The summed E-state index contributed by atoms with van der Waals surface area (Å²) >= 11 is 0. The van der Waals surface area contributed by atoms with Crippen molar-refractivity contribution in [1.82, 2.24) is 14.9 Å². The molecule has 1 saturated heterocycles. The Kier molecular flexibility index (Phi) is 6.27. The van der Waals surface area contributed by atoms with Crippen molar-refractivity contribution in [1.29, 1.82) is 0 Å². The quantitative estimate of drug-likeness (QED) is 0.756. The first-order chi connectivity index (χ1) is 12.9. The molecule has 27 heavy (non-hydrogen) atoms. The van der Waals surface area contributed by atoms with Crippen LogP contribution in [0.2, 0.25) is 0 Å². The highest BCUT2D eigenvalue weighted by molar-refractivity contribution is 5.53. The molecule has 1 aliphatic heterocycles. The average molecular weight is 366 g/mol. The maximum Gasteiger partial charge on any atom is 0.237 e. The van der Waals surface area contributed by atoms with Crippen LogP contribution in [-0.2, 0) is 6.54 Å². The fraction of sp³-hybridized carbons (Fsp3) is 0.478. The standard InChI is InChI=1S/C23H31N3O/c1-18-7-5-6-8-20(18)10-9-19-11-15-26(16-12-19)17-21-22(25-14-13-24-21)27-23(2,3)4/h5-10,13-14,19H,11-12,15-17H2,1-4H3. The van der Waals surface area contributed by atoms with Crippen molar-refractivity contribution in [2.24, 2.45) is 5.92 Å². The Hall–Kier alpha value is -2.20. The lowest BCUT2D eigenvalue weighted by Crippen LogP contribution is -2.33. The van der Waals surface area contributed by atoms with Gasteiger partial charge in [-0.3, -0.25) is 9.88 Å². The van der Waals surface area contributed by atoms with E-state index in [0.717, 1.165) is 25.3 Å². The number of likely N-dealkylation sites (tertiary alicyclic amines) is 1. The number of allylic oxidation sites excluding steroid dienone is 1. The van der Waals surface area contributed by atoms with Crippen LogP contribution in [0, 0.1) is 12.8 Å². The van der Waals surface area contributed by atoms with Crippen molar-refractivity contribution >= 4 is 6.08 Å². The van der Waals surface area contributed by atoms with Crippen LogP contribution >= 0.6 is 0 Å². The molecule has 1 aromatic carbocycles. The lowest BCUT2D eigenvalue weighted by molar-refractivity contribution is 0.117. The van der Waals surface area contributed by atoms with Crippen LogP contribution < -0.4 is 4.74 Å². The van der Waals surface area contributed by atoms with Gasteiger partial charge in [0.05, 0.1) is 0 Å². The number of aromatic nitrogens is 2. The van der Waals surface area contributed by atoms with Gasteiger partial charge in [-0.05, 0) is 70.7 Å². The molecule has 1 aromatic heterocycles. The highest BCUT2D eigenvalue weighted by atomic mass is 16.5. The summed E-state index contributed by atoms with van der Waals surface area (Å²) in [5.74, 6) is 1.31. The van der Waals surface area contributed by atoms with E-state index in [4.69, 9.17) is 4.74 Å². The van der Waals surface area contributed by atoms with Crippen LogP contribution in [0.1, 0.15) is 50.4 Å². The first-order valence-electron chi connectivity index (χ1n) is 9.86. The van der Waals surface area contributed by atoms with Crippen LogP contribution in [0.4, 0.5) is 0 Å². The zero-order valence-corrected chi connectivity index (χ0v) is 17.0. The summed E-state index contributed by atoms with van der Waals surface area (Å²) in [5.41, 5.74) is 3.32. The van der Waals surface area contributed by atoms with Crippen molar-refractivity contribution in [3.63, 3.8) is 0 Å². The van der Waals surface area contributed by atoms with Gasteiger partial charge in [0.1, 0.15) is 11.3 Å². The zero-order valence-electron chi connectivity index (χ0n) is 17.0. The lowest BCUT2D eigenvalue weighted by Gasteiger charge is -2.31. The van der Waals surface area contributed by atoms with E-state index in [-0.39, 0.29) is 5.60 Å². The van der Waals surface area contributed by atoms with Gasteiger partial charge in [0.25, 0.3) is 0 Å². The number of hydrogen-bond acceptors (Lipinski definition) is 4. The fourth-order valence-electron chi connectivity index (χ4n) is 3.37. The molecule has 2 heterocycles. The Morgan fingerprint density at radius 2 is 1.81 bits per heavy atom. The molecule has 0 aliphatic carbocycles. The molecule has 1 fully saturated rings. The van der Waals surface area contributed by atoms with E-state index in [9.17, 15) is 0 Å². The van der Waals surface area contributed by atoms with Crippen molar-refractivity contribution in [2.75, 3.05) is 13.1 Å². The van der Waals surface area contributed by atoms with Crippen molar-refractivity contribution in [3.8, 4) is 5.88 Å². The second-order valence-electron chi connectivity index (χ2n) is 8.35. The zero-order chi connectivity index (χ0) is 19.3. The van der Waals surface area contributed by atoms with Crippen LogP contribution in [0.5, 0.6) is 5.88 Å². The fourth-order valence-corrected chi connectivity index (χ4v) is 3.37. The van der Waals surface area contributed by atoms with Crippen LogP contribution in [-0.4, -0.2) is 33.6 Å². The van der Waals surface area contributed by atoms with E-state index < -0.39 is 0 Å². The molecule has 144 valence electrons. The first kappa shape index (κ1) is 19.6. The van der Waals surface area contributed by atoms with E-state index in [1.165, 1.54) is 24.0 Å². The largest absolute Gasteiger partial charge is 0.471 e. The molecular weight excluding hydrogens is 334 g/mol. The molecule has 0 atom stereocenters. The molecule has 3 rings (SSSR count). The minimum atomic E-state index is -0.266. The van der Waals surface area contributed by atoms with Gasteiger partial charge in [-0.15, -0.1) is 0 Å². The maximum atomic E-state index is 5.98. The number of aryl methyl sites for hydroxylation is 1. The monoisotopic (exact) mass is 365 g/mol. The average Bonchev–Trinajstić information content (AvgIpc) is 2.63. The molecule has 2 aromatic rings. The van der Waals surface area contributed by atoms with Crippen molar-refractivity contribution in [2.45, 2.75) is 52.7 Å². The number of nitrogens with zero attached hydrogens (tertiary/aromatic N) is 3. The predicted octanol–water partition coefficient (Wildman–Crippen LogP) is 4.89. The highest BCUT2D eigenvalue weighted by Crippen LogP contribution is 2.24. The summed E-state index contributed by atoms with van der Waals surface area (Å²) in [6, 6.07) is 8.55. The van der Waals surface area contributed by atoms with Gasteiger partial charge in [0.2, 0.25) is 5.88 Å². The van der Waals surface area contributed by atoms with Gasteiger partial charge >= 0.3 is 0 Å². The Morgan fingerprint density at radius 3 is 2.52 bits per heavy atom. The summed E-state index contributed by atoms with van der Waals surface area (Å²) < 4.78 is 5.98. The van der Waals surface area contributed by atoms with Gasteiger partial charge in [-0.2, -0.15) is 0 Å². The topological polar surface area (TPSA) is 38.2 Å². The SMILES string of the molecule is Cc1ccccc1C=CC1CCN(Cc2nccnc2OC(C)(C)C)CC1. The van der Waals surface area contributed by atoms with Gasteiger partial charge < -0.3 is 4.74 Å². The summed E-state index contributed by atoms with van der Waals surface area (Å²) in [6.45, 7) is 11.2.